The van der Waals surface area contributed by atoms with Gasteiger partial charge in [-0.1, -0.05) is 48.0 Å². The summed E-state index contributed by atoms with van der Waals surface area (Å²) in [7, 11) is 1.56. The minimum absolute atomic E-state index is 0.0378. The minimum atomic E-state index is -0.512. The molecule has 150 valence electrons. The van der Waals surface area contributed by atoms with E-state index in [1.54, 1.807) is 49.6 Å². The molecule has 3 aromatic rings. The van der Waals surface area contributed by atoms with E-state index in [0.717, 1.165) is 5.56 Å². The zero-order chi connectivity index (χ0) is 21.3. The minimum Gasteiger partial charge on any atom is -0.493 e. The van der Waals surface area contributed by atoms with Gasteiger partial charge in [-0.2, -0.15) is 5.26 Å². The van der Waals surface area contributed by atoms with Gasteiger partial charge in [0.25, 0.3) is 5.91 Å². The van der Waals surface area contributed by atoms with Crippen LogP contribution in [0.4, 0.5) is 5.69 Å². The van der Waals surface area contributed by atoms with Crippen molar-refractivity contribution in [3.05, 3.63) is 94.5 Å². The first kappa shape index (κ1) is 21.0. The van der Waals surface area contributed by atoms with Gasteiger partial charge in [0.15, 0.2) is 11.5 Å². The summed E-state index contributed by atoms with van der Waals surface area (Å²) in [5, 5.41) is 12.7. The molecule has 0 saturated heterocycles. The normalized spacial score (nSPS) is 10.8. The molecule has 0 aliphatic heterocycles. The Hall–Kier alpha value is -3.75. The van der Waals surface area contributed by atoms with Crippen molar-refractivity contribution in [2.75, 3.05) is 12.4 Å². The molecular formula is C24H19ClN2O3. The van der Waals surface area contributed by atoms with Gasteiger partial charge in [-0.15, -0.1) is 0 Å². The predicted molar refractivity (Wildman–Crippen MR) is 117 cm³/mol. The van der Waals surface area contributed by atoms with Gasteiger partial charge in [0, 0.05) is 10.7 Å². The molecule has 0 fully saturated rings. The highest BCUT2D eigenvalue weighted by Crippen LogP contribution is 2.30. The molecule has 0 atom stereocenters. The van der Waals surface area contributed by atoms with Crippen LogP contribution in [0.15, 0.2) is 78.4 Å². The first-order chi connectivity index (χ1) is 14.6. The van der Waals surface area contributed by atoms with E-state index < -0.39 is 5.91 Å². The molecule has 6 heteroatoms. The number of ether oxygens (including phenoxy) is 2. The molecule has 5 nitrogen and oxygen atoms in total. The molecular weight excluding hydrogens is 400 g/mol. The van der Waals surface area contributed by atoms with Gasteiger partial charge in [-0.05, 0) is 53.6 Å². The Kier molecular flexibility index (Phi) is 7.09. The Morgan fingerprint density at radius 2 is 1.80 bits per heavy atom. The standard InChI is InChI=1S/C24H19ClN2O3/c1-29-22-12-7-18(14-23(22)30-16-17-5-3-2-4-6-17)13-19(15-26)24(28)27-21-10-8-20(25)9-11-21/h2-14H,16H2,1H3,(H,27,28)/b19-13-. The summed E-state index contributed by atoms with van der Waals surface area (Å²) in [6, 6.07) is 23.5. The Morgan fingerprint density at radius 1 is 1.07 bits per heavy atom. The van der Waals surface area contributed by atoms with Gasteiger partial charge in [-0.3, -0.25) is 4.79 Å². The van der Waals surface area contributed by atoms with Gasteiger partial charge in [0.2, 0.25) is 0 Å². The first-order valence-electron chi connectivity index (χ1n) is 9.12. The van der Waals surface area contributed by atoms with Crippen molar-refractivity contribution < 1.29 is 14.3 Å². The summed E-state index contributed by atoms with van der Waals surface area (Å²) in [6.45, 7) is 0.368. The van der Waals surface area contributed by atoms with E-state index in [4.69, 9.17) is 21.1 Å². The number of rotatable bonds is 7. The second-order valence-electron chi connectivity index (χ2n) is 6.32. The highest BCUT2D eigenvalue weighted by molar-refractivity contribution is 6.30. The Morgan fingerprint density at radius 3 is 2.47 bits per heavy atom. The van der Waals surface area contributed by atoms with Gasteiger partial charge in [0.05, 0.1) is 7.11 Å². The summed E-state index contributed by atoms with van der Waals surface area (Å²) < 4.78 is 11.2. The number of methoxy groups -OCH3 is 1. The lowest BCUT2D eigenvalue weighted by atomic mass is 10.1. The monoisotopic (exact) mass is 418 g/mol. The SMILES string of the molecule is COc1ccc(/C=C(/C#N)C(=O)Nc2ccc(Cl)cc2)cc1OCc1ccccc1. The Balaban J connectivity index is 1.78. The zero-order valence-corrected chi connectivity index (χ0v) is 17.0. The molecule has 1 N–H and O–H groups in total. The van der Waals surface area contributed by atoms with Crippen molar-refractivity contribution in [2.24, 2.45) is 0 Å². The maximum absolute atomic E-state index is 12.5. The third kappa shape index (κ3) is 5.63. The quantitative estimate of drug-likeness (QED) is 0.407. The number of halogens is 1. The van der Waals surface area contributed by atoms with Crippen LogP contribution in [0.2, 0.25) is 5.02 Å². The lowest BCUT2D eigenvalue weighted by Gasteiger charge is -2.12. The maximum atomic E-state index is 12.5. The second-order valence-corrected chi connectivity index (χ2v) is 6.75. The summed E-state index contributed by atoms with van der Waals surface area (Å²) in [5.41, 5.74) is 2.17. The molecule has 30 heavy (non-hydrogen) atoms. The lowest BCUT2D eigenvalue weighted by molar-refractivity contribution is -0.112. The van der Waals surface area contributed by atoms with Crippen molar-refractivity contribution >= 4 is 29.3 Å². The van der Waals surface area contributed by atoms with E-state index in [0.29, 0.717) is 34.4 Å². The molecule has 0 radical (unpaired) electrons. The third-order valence-corrected chi connectivity index (χ3v) is 4.45. The molecule has 1 amide bonds. The molecule has 3 aromatic carbocycles. The summed E-state index contributed by atoms with van der Waals surface area (Å²) in [4.78, 5) is 12.5. The number of nitriles is 1. The molecule has 0 bridgehead atoms. The number of hydrogen-bond donors (Lipinski definition) is 1. The van der Waals surface area contributed by atoms with Crippen LogP contribution >= 0.6 is 11.6 Å². The molecule has 3 rings (SSSR count). The topological polar surface area (TPSA) is 71.3 Å². The third-order valence-electron chi connectivity index (χ3n) is 4.20. The van der Waals surface area contributed by atoms with E-state index in [1.807, 2.05) is 36.4 Å². The van der Waals surface area contributed by atoms with Crippen molar-refractivity contribution in [1.29, 1.82) is 5.26 Å². The van der Waals surface area contributed by atoms with Crippen LogP contribution in [-0.2, 0) is 11.4 Å². The average Bonchev–Trinajstić information content (AvgIpc) is 2.78. The molecule has 0 aliphatic rings. The number of amides is 1. The maximum Gasteiger partial charge on any atom is 0.266 e. The van der Waals surface area contributed by atoms with E-state index in [-0.39, 0.29) is 5.57 Å². The summed E-state index contributed by atoms with van der Waals surface area (Å²) >= 11 is 5.85. The van der Waals surface area contributed by atoms with Gasteiger partial charge in [0.1, 0.15) is 18.2 Å². The van der Waals surface area contributed by atoms with E-state index in [2.05, 4.69) is 5.32 Å². The van der Waals surface area contributed by atoms with Crippen LogP contribution in [-0.4, -0.2) is 13.0 Å². The number of benzene rings is 3. The zero-order valence-electron chi connectivity index (χ0n) is 16.3. The van der Waals surface area contributed by atoms with Crippen LogP contribution < -0.4 is 14.8 Å². The van der Waals surface area contributed by atoms with Crippen molar-refractivity contribution in [1.82, 2.24) is 0 Å². The van der Waals surface area contributed by atoms with Crippen molar-refractivity contribution in [2.45, 2.75) is 6.61 Å². The first-order valence-corrected chi connectivity index (χ1v) is 9.50. The number of carbonyl (C=O) groups is 1. The Bertz CT molecular complexity index is 1090. The number of nitrogens with one attached hydrogen (secondary N) is 1. The predicted octanol–water partition coefficient (Wildman–Crippen LogP) is 5.47. The molecule has 0 saturated carbocycles. The lowest BCUT2D eigenvalue weighted by Crippen LogP contribution is -2.13. The van der Waals surface area contributed by atoms with Crippen LogP contribution in [0.5, 0.6) is 11.5 Å². The van der Waals surface area contributed by atoms with Gasteiger partial charge < -0.3 is 14.8 Å². The molecule has 0 aromatic heterocycles. The second kappa shape index (κ2) is 10.1. The van der Waals surface area contributed by atoms with E-state index >= 15 is 0 Å². The van der Waals surface area contributed by atoms with E-state index in [9.17, 15) is 10.1 Å². The Labute approximate surface area is 180 Å². The average molecular weight is 419 g/mol. The largest absolute Gasteiger partial charge is 0.493 e. The van der Waals surface area contributed by atoms with Crippen molar-refractivity contribution in [3.63, 3.8) is 0 Å². The summed E-state index contributed by atoms with van der Waals surface area (Å²) in [6.07, 6.45) is 1.50. The fraction of sp³-hybridized carbons (Fsp3) is 0.0833. The summed E-state index contributed by atoms with van der Waals surface area (Å²) in [5.74, 6) is 0.570. The van der Waals surface area contributed by atoms with Crippen LogP contribution in [0, 0.1) is 11.3 Å². The number of anilines is 1. The highest BCUT2D eigenvalue weighted by Gasteiger charge is 2.11. The molecule has 0 unspecified atom stereocenters. The molecule has 0 heterocycles. The number of nitrogens with zero attached hydrogens (tertiary/aromatic N) is 1. The van der Waals surface area contributed by atoms with Gasteiger partial charge >= 0.3 is 0 Å². The molecule has 0 spiro atoms. The van der Waals surface area contributed by atoms with Crippen LogP contribution in [0.25, 0.3) is 6.08 Å². The van der Waals surface area contributed by atoms with Gasteiger partial charge in [-0.25, -0.2) is 0 Å². The number of hydrogen-bond acceptors (Lipinski definition) is 4. The van der Waals surface area contributed by atoms with Crippen LogP contribution in [0.3, 0.4) is 0 Å². The smallest absolute Gasteiger partial charge is 0.266 e. The fourth-order valence-electron chi connectivity index (χ4n) is 2.68. The molecule has 0 aliphatic carbocycles. The van der Waals surface area contributed by atoms with E-state index in [1.165, 1.54) is 6.08 Å². The van der Waals surface area contributed by atoms with Crippen molar-refractivity contribution in [3.8, 4) is 17.6 Å². The fourth-order valence-corrected chi connectivity index (χ4v) is 2.80. The van der Waals surface area contributed by atoms with Crippen LogP contribution in [0.1, 0.15) is 11.1 Å². The highest BCUT2D eigenvalue weighted by atomic mass is 35.5. The number of carbonyl (C=O) groups excluding carboxylic acids is 1.